The number of amides is 3. The molecule has 0 bridgehead atoms. The van der Waals surface area contributed by atoms with Crippen LogP contribution in [0.2, 0.25) is 0 Å². The van der Waals surface area contributed by atoms with E-state index in [2.05, 4.69) is 35.9 Å². The molecule has 0 unspecified atom stereocenters. The van der Waals surface area contributed by atoms with E-state index in [1.165, 1.54) is 0 Å². The van der Waals surface area contributed by atoms with Crippen molar-refractivity contribution in [3.8, 4) is 0 Å². The molecule has 6 nitrogen and oxygen atoms in total. The van der Waals surface area contributed by atoms with Crippen molar-refractivity contribution in [1.29, 1.82) is 0 Å². The number of carbonyl (C=O) groups excluding carboxylic acids is 3. The predicted octanol–water partition coefficient (Wildman–Crippen LogP) is 0.150. The Bertz CT molecular complexity index is 519. The highest BCUT2D eigenvalue weighted by atomic mass is 32.1. The van der Waals surface area contributed by atoms with Gasteiger partial charge in [-0.05, 0) is 5.56 Å². The molecule has 8 heteroatoms. The standard InChI is InChI=1S/C16H23N3O3S2/c20-14(11-23)17-6-8-19(9-7-18-15(21)12-24)16(22)10-13-4-2-1-3-5-13/h1-5,23-24H,6-12H2,(H,17,20)(H,18,21). The summed E-state index contributed by atoms with van der Waals surface area (Å²) in [5.74, 6) is -0.206. The lowest BCUT2D eigenvalue weighted by Crippen LogP contribution is -2.43. The van der Waals surface area contributed by atoms with Crippen molar-refractivity contribution in [2.45, 2.75) is 6.42 Å². The third kappa shape index (κ3) is 8.26. The molecule has 3 amide bonds. The van der Waals surface area contributed by atoms with Crippen molar-refractivity contribution in [3.05, 3.63) is 35.9 Å². The Labute approximate surface area is 153 Å². The molecule has 24 heavy (non-hydrogen) atoms. The van der Waals surface area contributed by atoms with Crippen LogP contribution < -0.4 is 10.6 Å². The van der Waals surface area contributed by atoms with Gasteiger partial charge in [0.1, 0.15) is 0 Å². The fourth-order valence-corrected chi connectivity index (χ4v) is 2.24. The molecule has 0 heterocycles. The maximum atomic E-state index is 12.5. The van der Waals surface area contributed by atoms with Crippen LogP contribution in [0.5, 0.6) is 0 Å². The minimum Gasteiger partial charge on any atom is -0.354 e. The molecule has 0 aliphatic carbocycles. The highest BCUT2D eigenvalue weighted by Crippen LogP contribution is 2.03. The van der Waals surface area contributed by atoms with Gasteiger partial charge in [-0.15, -0.1) is 0 Å². The van der Waals surface area contributed by atoms with E-state index in [0.29, 0.717) is 26.2 Å². The molecule has 0 aliphatic heterocycles. The maximum absolute atomic E-state index is 12.5. The first-order valence-corrected chi connectivity index (χ1v) is 8.90. The Morgan fingerprint density at radius 2 is 1.38 bits per heavy atom. The van der Waals surface area contributed by atoms with Gasteiger partial charge in [-0.1, -0.05) is 30.3 Å². The summed E-state index contributed by atoms with van der Waals surface area (Å²) in [7, 11) is 0. The summed E-state index contributed by atoms with van der Waals surface area (Å²) in [6.07, 6.45) is 0.280. The molecule has 0 atom stereocenters. The summed E-state index contributed by atoms with van der Waals surface area (Å²) in [4.78, 5) is 36.6. The lowest BCUT2D eigenvalue weighted by molar-refractivity contribution is -0.131. The van der Waals surface area contributed by atoms with Gasteiger partial charge in [0.15, 0.2) is 0 Å². The highest BCUT2D eigenvalue weighted by Gasteiger charge is 2.14. The molecule has 1 rings (SSSR count). The number of thiol groups is 2. The SMILES string of the molecule is O=C(CS)NCCN(CCNC(=O)CS)C(=O)Cc1ccccc1. The van der Waals surface area contributed by atoms with Crippen LogP contribution in [-0.4, -0.2) is 60.3 Å². The Kier molecular flexibility index (Phi) is 10.0. The monoisotopic (exact) mass is 369 g/mol. The topological polar surface area (TPSA) is 78.5 Å². The first-order chi connectivity index (χ1) is 11.6. The number of nitrogens with zero attached hydrogens (tertiary/aromatic N) is 1. The summed E-state index contributed by atoms with van der Waals surface area (Å²) in [5.41, 5.74) is 0.922. The van der Waals surface area contributed by atoms with E-state index in [1.807, 2.05) is 30.3 Å². The highest BCUT2D eigenvalue weighted by molar-refractivity contribution is 7.81. The molecule has 0 radical (unpaired) electrons. The summed E-state index contributed by atoms with van der Waals surface area (Å²) >= 11 is 7.78. The summed E-state index contributed by atoms with van der Waals surface area (Å²) < 4.78 is 0. The lowest BCUT2D eigenvalue weighted by atomic mass is 10.1. The average molecular weight is 370 g/mol. The predicted molar refractivity (Wildman–Crippen MR) is 100 cm³/mol. The van der Waals surface area contributed by atoms with E-state index < -0.39 is 0 Å². The van der Waals surface area contributed by atoms with Crippen molar-refractivity contribution in [2.24, 2.45) is 0 Å². The largest absolute Gasteiger partial charge is 0.354 e. The Morgan fingerprint density at radius 1 is 0.875 bits per heavy atom. The van der Waals surface area contributed by atoms with Gasteiger partial charge in [-0.25, -0.2) is 0 Å². The van der Waals surface area contributed by atoms with Crippen LogP contribution in [-0.2, 0) is 20.8 Å². The van der Waals surface area contributed by atoms with E-state index >= 15 is 0 Å². The zero-order valence-corrected chi connectivity index (χ0v) is 15.2. The fraction of sp³-hybridized carbons (Fsp3) is 0.438. The molecule has 0 spiro atoms. The molecular weight excluding hydrogens is 346 g/mol. The van der Waals surface area contributed by atoms with Crippen molar-refractivity contribution >= 4 is 43.0 Å². The molecule has 1 aromatic rings. The van der Waals surface area contributed by atoms with Crippen LogP contribution in [0.1, 0.15) is 5.56 Å². The van der Waals surface area contributed by atoms with Crippen LogP contribution in [0.25, 0.3) is 0 Å². The quantitative estimate of drug-likeness (QED) is 0.444. The summed E-state index contributed by atoms with van der Waals surface area (Å²) in [5, 5.41) is 5.37. The molecule has 0 saturated heterocycles. The van der Waals surface area contributed by atoms with Gasteiger partial charge in [-0.3, -0.25) is 14.4 Å². The summed E-state index contributed by atoms with van der Waals surface area (Å²) in [6, 6.07) is 9.44. The van der Waals surface area contributed by atoms with Crippen molar-refractivity contribution in [3.63, 3.8) is 0 Å². The van der Waals surface area contributed by atoms with Gasteiger partial charge in [0, 0.05) is 26.2 Å². The normalized spacial score (nSPS) is 10.1. The van der Waals surface area contributed by atoms with Gasteiger partial charge >= 0.3 is 0 Å². The first-order valence-electron chi connectivity index (χ1n) is 7.63. The summed E-state index contributed by atoms with van der Waals surface area (Å²) in [6.45, 7) is 1.45. The van der Waals surface area contributed by atoms with Crippen molar-refractivity contribution in [2.75, 3.05) is 37.7 Å². The van der Waals surface area contributed by atoms with Crippen molar-refractivity contribution < 1.29 is 14.4 Å². The maximum Gasteiger partial charge on any atom is 0.229 e. The van der Waals surface area contributed by atoms with E-state index in [0.717, 1.165) is 5.56 Å². The fourth-order valence-electron chi connectivity index (χ4n) is 2.02. The first kappa shape index (κ1) is 20.4. The van der Waals surface area contributed by atoms with E-state index in [9.17, 15) is 14.4 Å². The van der Waals surface area contributed by atoms with E-state index in [-0.39, 0.29) is 35.6 Å². The minimum atomic E-state index is -0.183. The van der Waals surface area contributed by atoms with Gasteiger partial charge in [0.2, 0.25) is 17.7 Å². The van der Waals surface area contributed by atoms with Crippen molar-refractivity contribution in [1.82, 2.24) is 15.5 Å². The number of carbonyl (C=O) groups is 3. The number of hydrogen-bond acceptors (Lipinski definition) is 5. The van der Waals surface area contributed by atoms with Crippen LogP contribution >= 0.6 is 25.3 Å². The molecule has 2 N–H and O–H groups in total. The number of hydrogen-bond donors (Lipinski definition) is 4. The second-order valence-electron chi connectivity index (χ2n) is 5.06. The lowest BCUT2D eigenvalue weighted by Gasteiger charge is -2.23. The zero-order chi connectivity index (χ0) is 17.8. The van der Waals surface area contributed by atoms with Crippen LogP contribution in [0.4, 0.5) is 0 Å². The molecule has 0 aromatic heterocycles. The van der Waals surface area contributed by atoms with Crippen LogP contribution in [0, 0.1) is 0 Å². The third-order valence-electron chi connectivity index (χ3n) is 3.25. The Hall–Kier alpha value is -1.67. The number of benzene rings is 1. The van der Waals surface area contributed by atoms with Gasteiger partial charge in [0.05, 0.1) is 17.9 Å². The molecule has 0 fully saturated rings. The van der Waals surface area contributed by atoms with E-state index in [1.54, 1.807) is 4.90 Å². The number of nitrogens with one attached hydrogen (secondary N) is 2. The van der Waals surface area contributed by atoms with Gasteiger partial charge in [0.25, 0.3) is 0 Å². The Balaban J connectivity index is 2.55. The third-order valence-corrected chi connectivity index (χ3v) is 3.82. The second kappa shape index (κ2) is 11.8. The van der Waals surface area contributed by atoms with E-state index in [4.69, 9.17) is 0 Å². The molecule has 132 valence electrons. The van der Waals surface area contributed by atoms with Gasteiger partial charge < -0.3 is 15.5 Å². The Morgan fingerprint density at radius 3 is 1.83 bits per heavy atom. The second-order valence-corrected chi connectivity index (χ2v) is 5.69. The molecule has 0 aliphatic rings. The van der Waals surface area contributed by atoms with Crippen LogP contribution in [0.15, 0.2) is 30.3 Å². The smallest absolute Gasteiger partial charge is 0.229 e. The zero-order valence-electron chi connectivity index (χ0n) is 13.4. The average Bonchev–Trinajstić information content (AvgIpc) is 2.60. The molecule has 1 aromatic carbocycles. The number of rotatable bonds is 10. The van der Waals surface area contributed by atoms with Crippen LogP contribution in [0.3, 0.4) is 0 Å². The van der Waals surface area contributed by atoms with Gasteiger partial charge in [-0.2, -0.15) is 25.3 Å². The molecule has 0 saturated carbocycles. The minimum absolute atomic E-state index is 0.0542. The molecular formula is C16H23N3O3S2.